The Bertz CT molecular complexity index is 5660. The molecule has 0 aromatic heterocycles. The van der Waals surface area contributed by atoms with Crippen molar-refractivity contribution in [3.63, 3.8) is 0 Å². The van der Waals surface area contributed by atoms with E-state index < -0.39 is 0 Å². The summed E-state index contributed by atoms with van der Waals surface area (Å²) in [4.78, 5) is 0. The molecule has 0 aliphatic heterocycles. The van der Waals surface area contributed by atoms with Crippen LogP contribution < -0.4 is 0 Å². The minimum Gasteiger partial charge on any atom is -0.0622 e. The molecule has 21 rings (SSSR count). The quantitative estimate of drug-likeness (QED) is 0.162. The zero-order chi connectivity index (χ0) is 71.1. The fraction of sp³-hybridized carbons (Fsp3) is 0.115. The van der Waals surface area contributed by atoms with Crippen molar-refractivity contribution in [3.8, 4) is 55.6 Å². The van der Waals surface area contributed by atoms with E-state index in [0.29, 0.717) is 0 Å². The zero-order valence-corrected chi connectivity index (χ0v) is 60.8. The molecule has 5 aliphatic rings. The van der Waals surface area contributed by atoms with Crippen molar-refractivity contribution in [1.29, 1.82) is 0 Å². The highest BCUT2D eigenvalue weighted by Crippen LogP contribution is 2.63. The molecule has 0 N–H and O–H groups in total. The summed E-state index contributed by atoms with van der Waals surface area (Å²) >= 11 is 0. The fourth-order valence-electron chi connectivity index (χ4n) is 17.6. The fourth-order valence-corrected chi connectivity index (χ4v) is 17.6. The number of hydrogen-bond acceptors (Lipinski definition) is 0. The van der Waals surface area contributed by atoms with Crippen molar-refractivity contribution < 1.29 is 0 Å². The predicted molar refractivity (Wildman–Crippen MR) is 441 cm³/mol. The molecule has 5 aliphatic carbocycles. The molecule has 502 valence electrons. The lowest BCUT2D eigenvalue weighted by Crippen LogP contribution is -2.28. The molecule has 0 saturated heterocycles. The summed E-state index contributed by atoms with van der Waals surface area (Å²) in [7, 11) is 0. The first-order valence-corrected chi connectivity index (χ1v) is 36.8. The van der Waals surface area contributed by atoms with Gasteiger partial charge >= 0.3 is 0 Å². The maximum Gasteiger partial charge on any atom is 0.0725 e. The van der Waals surface area contributed by atoms with Gasteiger partial charge in [0.25, 0.3) is 0 Å². The second-order valence-electron chi connectivity index (χ2n) is 29.4. The minimum absolute atomic E-state index is 0.151. The van der Waals surface area contributed by atoms with E-state index in [1.807, 2.05) is 0 Å². The molecular weight excluding hydrogens is 1250 g/mol. The normalized spacial score (nSPS) is 13.4. The zero-order valence-electron chi connectivity index (χ0n) is 60.8. The molecule has 0 saturated carbocycles. The maximum atomic E-state index is 2.40. The van der Waals surface area contributed by atoms with Crippen LogP contribution in [0.2, 0.25) is 0 Å². The first-order chi connectivity index (χ1) is 50.8. The maximum absolute atomic E-state index is 2.40. The summed E-state index contributed by atoms with van der Waals surface area (Å²) in [5.41, 5.74) is 38.5. The minimum atomic E-state index is -0.263. The lowest BCUT2D eigenvalue weighted by molar-refractivity contribution is 0.660. The van der Waals surface area contributed by atoms with Gasteiger partial charge < -0.3 is 0 Å². The van der Waals surface area contributed by atoms with E-state index >= 15 is 0 Å². The molecule has 0 radical (unpaired) electrons. The molecular formula is C104H86. The topological polar surface area (TPSA) is 0 Å². The largest absolute Gasteiger partial charge is 0.0725 e. The SMILES string of the molecule is Cc1ccc2c(c1)C(C)(C)c1ccccc1-2.Cc1ccc2c(c1)C(c1ccccc1)(c1ccccc1)c1ccccc1-2.Cc1ccc2c(c1)C1(c3ccccc3-c3ccccc31)c1ccccc1-2.Cc1ccc2c(c1)Cc1ccccc1-2.Cc1ccc2ccccc2c1.Cc1cccc2ccccc12. The molecule has 16 aromatic carbocycles. The molecule has 0 bridgehead atoms. The summed E-state index contributed by atoms with van der Waals surface area (Å²) in [6, 6.07) is 132. The highest BCUT2D eigenvalue weighted by molar-refractivity contribution is 5.95. The molecule has 0 fully saturated rings. The van der Waals surface area contributed by atoms with Gasteiger partial charge in [0.05, 0.1) is 10.8 Å². The van der Waals surface area contributed by atoms with Gasteiger partial charge in [-0.2, -0.15) is 0 Å². The van der Waals surface area contributed by atoms with Crippen LogP contribution in [0, 0.1) is 41.5 Å². The number of aryl methyl sites for hydroxylation is 6. The summed E-state index contributed by atoms with van der Waals surface area (Å²) < 4.78 is 0. The van der Waals surface area contributed by atoms with Gasteiger partial charge in [0.15, 0.2) is 0 Å². The van der Waals surface area contributed by atoms with Crippen LogP contribution in [-0.4, -0.2) is 0 Å². The Kier molecular flexibility index (Phi) is 17.8. The van der Waals surface area contributed by atoms with Crippen molar-refractivity contribution in [3.05, 3.63) is 464 Å². The molecule has 0 heterocycles. The lowest BCUT2D eigenvalue weighted by Gasteiger charge is -2.34. The second-order valence-corrected chi connectivity index (χ2v) is 29.4. The van der Waals surface area contributed by atoms with Gasteiger partial charge in [-0.05, 0) is 197 Å². The van der Waals surface area contributed by atoms with E-state index in [-0.39, 0.29) is 16.2 Å². The average molecular weight is 1340 g/mol. The van der Waals surface area contributed by atoms with E-state index in [0.717, 1.165) is 6.42 Å². The van der Waals surface area contributed by atoms with Gasteiger partial charge in [0, 0.05) is 5.41 Å². The van der Waals surface area contributed by atoms with Crippen LogP contribution in [0.1, 0.15) is 114 Å². The summed E-state index contributed by atoms with van der Waals surface area (Å²) in [5.74, 6) is 0. The Morgan fingerprint density at radius 1 is 0.202 bits per heavy atom. The number of rotatable bonds is 2. The van der Waals surface area contributed by atoms with Crippen molar-refractivity contribution in [1.82, 2.24) is 0 Å². The van der Waals surface area contributed by atoms with Crippen LogP contribution in [0.25, 0.3) is 77.2 Å². The summed E-state index contributed by atoms with van der Waals surface area (Å²) in [6.07, 6.45) is 1.10. The average Bonchev–Trinajstić information content (AvgIpc) is 1.52. The molecule has 0 heteroatoms. The highest BCUT2D eigenvalue weighted by atomic mass is 14.5. The second kappa shape index (κ2) is 27.8. The third-order valence-corrected chi connectivity index (χ3v) is 22.4. The highest BCUT2D eigenvalue weighted by Gasteiger charge is 2.52. The molecule has 1 spiro atoms. The molecule has 0 nitrogen and oxygen atoms in total. The number of hydrogen-bond donors (Lipinski definition) is 0. The molecule has 0 atom stereocenters. The molecule has 16 aromatic rings. The van der Waals surface area contributed by atoms with Crippen molar-refractivity contribution in [2.75, 3.05) is 0 Å². The van der Waals surface area contributed by atoms with Crippen LogP contribution in [0.3, 0.4) is 0 Å². The van der Waals surface area contributed by atoms with Crippen molar-refractivity contribution in [2.24, 2.45) is 0 Å². The van der Waals surface area contributed by atoms with Gasteiger partial charge in [-0.15, -0.1) is 0 Å². The lowest BCUT2D eigenvalue weighted by atomic mass is 9.67. The Morgan fingerprint density at radius 2 is 0.538 bits per heavy atom. The first-order valence-electron chi connectivity index (χ1n) is 36.8. The van der Waals surface area contributed by atoms with Crippen molar-refractivity contribution in [2.45, 2.75) is 78.1 Å². The summed E-state index contributed by atoms with van der Waals surface area (Å²) in [5, 5.41) is 5.33. The smallest absolute Gasteiger partial charge is 0.0622 e. The van der Waals surface area contributed by atoms with Crippen LogP contribution in [-0.2, 0) is 22.7 Å². The predicted octanol–water partition coefficient (Wildman–Crippen LogP) is 26.9. The van der Waals surface area contributed by atoms with E-state index in [1.54, 1.807) is 0 Å². The van der Waals surface area contributed by atoms with Gasteiger partial charge in [-0.3, -0.25) is 0 Å². The number of fused-ring (bicyclic) bond motifs is 21. The van der Waals surface area contributed by atoms with Gasteiger partial charge in [0.2, 0.25) is 0 Å². The standard InChI is InChI=1S/C26H18.C26H20.C16H16.C14H12.2C11H10/c1-17-14-15-21-20-10-4-7-13-24(20)26(25(21)16-17)22-11-5-2-8-18(22)19-9-3-6-12-23(19)26;1-19-16-17-23-22-14-8-9-15-24(22)26(25(23)18-19,20-10-4-2-5-11-20)21-12-6-3-7-13-21;1-11-8-9-13-12-6-4-5-7-14(12)16(2,3)15(13)10-11;1-10-6-7-14-12(8-10)9-11-4-2-3-5-13(11)14;1-9-5-4-7-10-6-2-3-8-11(9)10;1-9-6-7-10-4-2-3-5-11(10)8-9/h2-16H,1H3;2-18H,1H3;4-10H,1-3H3;2-8H,9H2,1H3;2*2-8H,1H3. The van der Waals surface area contributed by atoms with Gasteiger partial charge in [-0.25, -0.2) is 0 Å². The monoisotopic (exact) mass is 1330 g/mol. The van der Waals surface area contributed by atoms with E-state index in [1.165, 1.54) is 177 Å². The van der Waals surface area contributed by atoms with E-state index in [2.05, 4.69) is 419 Å². The Labute approximate surface area is 615 Å². The van der Waals surface area contributed by atoms with Crippen LogP contribution >= 0.6 is 0 Å². The van der Waals surface area contributed by atoms with Crippen LogP contribution in [0.4, 0.5) is 0 Å². The molecule has 0 amide bonds. The van der Waals surface area contributed by atoms with Crippen molar-refractivity contribution >= 4 is 21.5 Å². The molecule has 104 heavy (non-hydrogen) atoms. The Hall–Kier alpha value is -12.0. The van der Waals surface area contributed by atoms with Gasteiger partial charge in [-0.1, -0.05) is 406 Å². The third-order valence-electron chi connectivity index (χ3n) is 22.4. The van der Waals surface area contributed by atoms with Crippen LogP contribution in [0.15, 0.2) is 364 Å². The molecule has 0 unspecified atom stereocenters. The van der Waals surface area contributed by atoms with E-state index in [9.17, 15) is 0 Å². The Balaban J connectivity index is 0.0000000996. The first kappa shape index (κ1) is 66.6. The van der Waals surface area contributed by atoms with Crippen LogP contribution in [0.5, 0.6) is 0 Å². The summed E-state index contributed by atoms with van der Waals surface area (Å²) in [6.45, 7) is 17.6. The number of benzene rings is 16. The van der Waals surface area contributed by atoms with E-state index in [4.69, 9.17) is 0 Å². The van der Waals surface area contributed by atoms with Gasteiger partial charge in [0.1, 0.15) is 0 Å². The Morgan fingerprint density at radius 3 is 1.07 bits per heavy atom. The third kappa shape index (κ3) is 11.7.